The molecule has 5 heteroatoms. The quantitative estimate of drug-likeness (QED) is 0.859. The van der Waals surface area contributed by atoms with Gasteiger partial charge in [0.25, 0.3) is 0 Å². The second kappa shape index (κ2) is 5.05. The zero-order valence-electron chi connectivity index (χ0n) is 10.2. The lowest BCUT2D eigenvalue weighted by Gasteiger charge is -2.07. The number of hydrogen-bond acceptors (Lipinski definition) is 4. The summed E-state index contributed by atoms with van der Waals surface area (Å²) in [6.07, 6.45) is 9.08. The molecule has 0 spiro atoms. The van der Waals surface area contributed by atoms with Gasteiger partial charge in [0.1, 0.15) is 0 Å². The molecule has 2 rings (SSSR count). The molecule has 90 valence electrons. The van der Waals surface area contributed by atoms with Crippen LogP contribution in [0.4, 0.5) is 0 Å². The highest BCUT2D eigenvalue weighted by Crippen LogP contribution is 2.05. The summed E-state index contributed by atoms with van der Waals surface area (Å²) < 4.78 is 1.67. The predicted molar refractivity (Wildman–Crippen MR) is 65.9 cm³/mol. The Labute approximate surface area is 101 Å². The Morgan fingerprint density at radius 1 is 1.29 bits per heavy atom. The highest BCUT2D eigenvalue weighted by atomic mass is 15.3. The van der Waals surface area contributed by atoms with Crippen LogP contribution in [0.1, 0.15) is 24.5 Å². The Kier molecular flexibility index (Phi) is 3.49. The van der Waals surface area contributed by atoms with Crippen LogP contribution in [0.25, 0.3) is 5.95 Å². The summed E-state index contributed by atoms with van der Waals surface area (Å²) >= 11 is 0. The van der Waals surface area contributed by atoms with Crippen LogP contribution in [0.2, 0.25) is 0 Å². The zero-order chi connectivity index (χ0) is 12.3. The number of hydrogen-bond donors (Lipinski definition) is 1. The normalized spacial score (nSPS) is 12.6. The average Bonchev–Trinajstić information content (AvgIpc) is 2.77. The van der Waals surface area contributed by atoms with E-state index in [0.29, 0.717) is 5.95 Å². The Morgan fingerprint density at radius 3 is 2.53 bits per heavy atom. The summed E-state index contributed by atoms with van der Waals surface area (Å²) in [5, 5.41) is 4.16. The minimum Gasteiger partial charge on any atom is -0.327 e. The van der Waals surface area contributed by atoms with Gasteiger partial charge in [0.15, 0.2) is 0 Å². The first-order valence-corrected chi connectivity index (χ1v) is 5.77. The van der Waals surface area contributed by atoms with Gasteiger partial charge in [0, 0.05) is 24.6 Å². The minimum absolute atomic E-state index is 0.177. The van der Waals surface area contributed by atoms with E-state index in [1.807, 2.05) is 25.5 Å². The van der Waals surface area contributed by atoms with Gasteiger partial charge in [-0.05, 0) is 30.9 Å². The summed E-state index contributed by atoms with van der Waals surface area (Å²) in [4.78, 5) is 8.57. The second-order valence-corrected chi connectivity index (χ2v) is 4.23. The molecule has 1 unspecified atom stereocenters. The number of nitrogens with zero attached hydrogens (tertiary/aromatic N) is 4. The molecule has 0 saturated carbocycles. The summed E-state index contributed by atoms with van der Waals surface area (Å²) in [5.74, 6) is 0.590. The summed E-state index contributed by atoms with van der Waals surface area (Å²) in [6, 6.07) is 0.177. The fourth-order valence-corrected chi connectivity index (χ4v) is 1.54. The third-order valence-corrected chi connectivity index (χ3v) is 2.63. The van der Waals surface area contributed by atoms with Gasteiger partial charge in [0.2, 0.25) is 5.95 Å². The van der Waals surface area contributed by atoms with Crippen molar-refractivity contribution in [3.63, 3.8) is 0 Å². The van der Waals surface area contributed by atoms with Crippen LogP contribution in [0.5, 0.6) is 0 Å². The van der Waals surface area contributed by atoms with E-state index in [4.69, 9.17) is 5.73 Å². The maximum absolute atomic E-state index is 5.88. The van der Waals surface area contributed by atoms with Crippen molar-refractivity contribution in [2.45, 2.75) is 32.7 Å². The van der Waals surface area contributed by atoms with Gasteiger partial charge in [0.05, 0.1) is 6.20 Å². The SMILES string of the molecule is CCC(N)Cc1cnc(-n2cc(C)cn2)nc1. The maximum atomic E-state index is 5.88. The van der Waals surface area contributed by atoms with E-state index in [9.17, 15) is 0 Å². The van der Waals surface area contributed by atoms with Crippen LogP contribution in [0.15, 0.2) is 24.8 Å². The van der Waals surface area contributed by atoms with Crippen molar-refractivity contribution >= 4 is 0 Å². The number of aryl methyl sites for hydroxylation is 1. The number of aromatic nitrogens is 4. The monoisotopic (exact) mass is 231 g/mol. The van der Waals surface area contributed by atoms with E-state index < -0.39 is 0 Å². The largest absolute Gasteiger partial charge is 0.327 e. The Bertz CT molecular complexity index is 474. The summed E-state index contributed by atoms with van der Waals surface area (Å²) in [5.41, 5.74) is 8.03. The second-order valence-electron chi connectivity index (χ2n) is 4.23. The molecule has 2 N–H and O–H groups in total. The summed E-state index contributed by atoms with van der Waals surface area (Å²) in [6.45, 7) is 4.06. The van der Waals surface area contributed by atoms with Gasteiger partial charge in [-0.2, -0.15) is 5.10 Å². The molecular weight excluding hydrogens is 214 g/mol. The first-order valence-electron chi connectivity index (χ1n) is 5.77. The molecule has 5 nitrogen and oxygen atoms in total. The van der Waals surface area contributed by atoms with Crippen molar-refractivity contribution in [1.29, 1.82) is 0 Å². The molecule has 0 radical (unpaired) electrons. The van der Waals surface area contributed by atoms with Crippen molar-refractivity contribution in [1.82, 2.24) is 19.7 Å². The van der Waals surface area contributed by atoms with Crippen molar-refractivity contribution < 1.29 is 0 Å². The fourth-order valence-electron chi connectivity index (χ4n) is 1.54. The van der Waals surface area contributed by atoms with Crippen molar-refractivity contribution in [3.05, 3.63) is 35.9 Å². The van der Waals surface area contributed by atoms with Gasteiger partial charge in [-0.25, -0.2) is 14.6 Å². The van der Waals surface area contributed by atoms with Crippen LogP contribution in [-0.4, -0.2) is 25.8 Å². The average molecular weight is 231 g/mol. The molecule has 2 aromatic heterocycles. The molecule has 17 heavy (non-hydrogen) atoms. The Hall–Kier alpha value is -1.75. The van der Waals surface area contributed by atoms with Crippen LogP contribution in [-0.2, 0) is 6.42 Å². The van der Waals surface area contributed by atoms with Gasteiger partial charge in [-0.3, -0.25) is 0 Å². The van der Waals surface area contributed by atoms with E-state index in [0.717, 1.165) is 24.0 Å². The van der Waals surface area contributed by atoms with Crippen molar-refractivity contribution in [2.24, 2.45) is 5.73 Å². The molecule has 0 aliphatic carbocycles. The van der Waals surface area contributed by atoms with Gasteiger partial charge in [-0.1, -0.05) is 6.92 Å². The van der Waals surface area contributed by atoms with Crippen LogP contribution >= 0.6 is 0 Å². The van der Waals surface area contributed by atoms with Gasteiger partial charge >= 0.3 is 0 Å². The summed E-state index contributed by atoms with van der Waals surface area (Å²) in [7, 11) is 0. The van der Waals surface area contributed by atoms with Crippen LogP contribution in [0, 0.1) is 6.92 Å². The van der Waals surface area contributed by atoms with E-state index in [1.54, 1.807) is 10.9 Å². The molecule has 1 atom stereocenters. The first-order chi connectivity index (χ1) is 8.19. The smallest absolute Gasteiger partial charge is 0.250 e. The molecule has 0 saturated heterocycles. The van der Waals surface area contributed by atoms with Crippen LogP contribution in [0.3, 0.4) is 0 Å². The highest BCUT2D eigenvalue weighted by molar-refractivity contribution is 5.16. The lowest BCUT2D eigenvalue weighted by atomic mass is 10.1. The minimum atomic E-state index is 0.177. The molecule has 0 bridgehead atoms. The topological polar surface area (TPSA) is 69.6 Å². The van der Waals surface area contributed by atoms with Gasteiger partial charge < -0.3 is 5.73 Å². The van der Waals surface area contributed by atoms with Gasteiger partial charge in [-0.15, -0.1) is 0 Å². The molecule has 2 aromatic rings. The molecule has 0 amide bonds. The van der Waals surface area contributed by atoms with E-state index in [1.165, 1.54) is 0 Å². The number of rotatable bonds is 4. The van der Waals surface area contributed by atoms with Crippen molar-refractivity contribution in [2.75, 3.05) is 0 Å². The molecular formula is C12H17N5. The Morgan fingerprint density at radius 2 is 2.00 bits per heavy atom. The van der Waals surface area contributed by atoms with E-state index >= 15 is 0 Å². The highest BCUT2D eigenvalue weighted by Gasteiger charge is 2.04. The first kappa shape index (κ1) is 11.7. The third-order valence-electron chi connectivity index (χ3n) is 2.63. The van der Waals surface area contributed by atoms with Crippen LogP contribution < -0.4 is 5.73 Å². The standard InChI is InChI=1S/C12H17N5/c1-3-11(13)4-10-6-14-12(15-7-10)17-8-9(2)5-16-17/h5-8,11H,3-4,13H2,1-2H3. The predicted octanol–water partition coefficient (Wildman–Crippen LogP) is 1.25. The number of nitrogens with two attached hydrogens (primary N) is 1. The van der Waals surface area contributed by atoms with E-state index in [-0.39, 0.29) is 6.04 Å². The lowest BCUT2D eigenvalue weighted by Crippen LogP contribution is -2.21. The van der Waals surface area contributed by atoms with E-state index in [2.05, 4.69) is 22.0 Å². The fraction of sp³-hybridized carbons (Fsp3) is 0.417. The molecule has 0 aromatic carbocycles. The molecule has 2 heterocycles. The van der Waals surface area contributed by atoms with Crippen molar-refractivity contribution in [3.8, 4) is 5.95 Å². The molecule has 0 aliphatic heterocycles. The maximum Gasteiger partial charge on any atom is 0.250 e. The zero-order valence-corrected chi connectivity index (χ0v) is 10.2. The lowest BCUT2D eigenvalue weighted by molar-refractivity contribution is 0.642. The molecule has 0 fully saturated rings. The Balaban J connectivity index is 2.13. The third kappa shape index (κ3) is 2.88. The molecule has 0 aliphatic rings.